The Morgan fingerprint density at radius 3 is 1.66 bits per heavy atom. The molecule has 390 valence electrons. The molecule has 3 aromatic heterocycles. The van der Waals surface area contributed by atoms with E-state index in [1.165, 1.54) is 23.9 Å². The summed E-state index contributed by atoms with van der Waals surface area (Å²) in [5, 5.41) is 29.2. The fourth-order valence-electron chi connectivity index (χ4n) is 7.81. The number of carbonyl (C=O) groups is 3. The number of halogens is 2. The highest BCUT2D eigenvalue weighted by molar-refractivity contribution is 8.13. The second kappa shape index (κ2) is 25.5. The van der Waals surface area contributed by atoms with E-state index in [0.717, 1.165) is 27.6 Å². The number of urea groups is 3. The van der Waals surface area contributed by atoms with Gasteiger partial charge in [0.05, 0.1) is 44.6 Å². The predicted molar refractivity (Wildman–Crippen MR) is 297 cm³/mol. The third-order valence-electron chi connectivity index (χ3n) is 11.4. The van der Waals surface area contributed by atoms with Gasteiger partial charge in [-0.1, -0.05) is 72.4 Å². The van der Waals surface area contributed by atoms with Gasteiger partial charge in [-0.25, -0.2) is 38.3 Å². The highest BCUT2D eigenvalue weighted by atomic mass is 32.2. The van der Waals surface area contributed by atoms with E-state index < -0.39 is 6.03 Å². The summed E-state index contributed by atoms with van der Waals surface area (Å²) in [5.74, 6) is -0.395. The molecule has 0 radical (unpaired) electrons. The number of nitrogens with zero attached hydrogens (tertiary/aromatic N) is 4. The van der Waals surface area contributed by atoms with E-state index in [1.807, 2.05) is 37.3 Å². The maximum atomic E-state index is 14.8. The van der Waals surface area contributed by atoms with E-state index in [-0.39, 0.29) is 40.0 Å². The van der Waals surface area contributed by atoms with Crippen LogP contribution in [-0.4, -0.2) is 79.5 Å². The lowest BCUT2D eigenvalue weighted by atomic mass is 9.98. The summed E-state index contributed by atoms with van der Waals surface area (Å²) in [6, 6.07) is 33.6. The number of nitrogen functional groups attached to an aromatic ring is 2. The summed E-state index contributed by atoms with van der Waals surface area (Å²) in [7, 11) is 0. The number of nitrogens with two attached hydrogens (primary N) is 2. The zero-order chi connectivity index (χ0) is 54.3. The molecule has 12 N–H and O–H groups in total. The van der Waals surface area contributed by atoms with Gasteiger partial charge in [-0.05, 0) is 110 Å². The number of aliphatic imine (C=N–C) groups is 1. The van der Waals surface area contributed by atoms with Gasteiger partial charge >= 0.3 is 18.1 Å². The summed E-state index contributed by atoms with van der Waals surface area (Å²) < 4.78 is 29.2. The number of H-pyrrole nitrogens is 3. The van der Waals surface area contributed by atoms with Gasteiger partial charge in [0, 0.05) is 54.4 Å². The maximum Gasteiger partial charge on any atom is 0.343 e. The van der Waals surface area contributed by atoms with Crippen LogP contribution < -0.4 is 49.2 Å². The van der Waals surface area contributed by atoms with Gasteiger partial charge in [0.15, 0.2) is 5.17 Å². The number of nitrogens with one attached hydrogen (secondary N) is 8. The van der Waals surface area contributed by atoms with Crippen molar-refractivity contribution in [2.24, 2.45) is 4.99 Å². The first kappa shape index (κ1) is 54.3. The Morgan fingerprint density at radius 2 is 1.13 bits per heavy atom. The van der Waals surface area contributed by atoms with Gasteiger partial charge in [0.2, 0.25) is 5.95 Å². The number of imidazole rings is 1. The van der Waals surface area contributed by atoms with Crippen LogP contribution in [0.2, 0.25) is 0 Å². The van der Waals surface area contributed by atoms with Crippen molar-refractivity contribution in [1.82, 2.24) is 51.6 Å². The Kier molecular flexibility index (Phi) is 18.2. The van der Waals surface area contributed by atoms with E-state index in [2.05, 4.69) is 61.9 Å². The van der Waals surface area contributed by atoms with Crippen LogP contribution in [0, 0.1) is 11.6 Å². The van der Waals surface area contributed by atoms with Crippen molar-refractivity contribution < 1.29 is 23.2 Å². The molecule has 0 aliphatic heterocycles. The van der Waals surface area contributed by atoms with Crippen LogP contribution in [0.15, 0.2) is 136 Å². The number of hydrogen-bond acceptors (Lipinski definition) is 11. The average molecular weight is 1050 g/mol. The van der Waals surface area contributed by atoms with Crippen LogP contribution in [0.25, 0.3) is 54.8 Å². The quantitative estimate of drug-likeness (QED) is 0.0351. The van der Waals surface area contributed by atoms with E-state index in [9.17, 15) is 32.8 Å². The summed E-state index contributed by atoms with van der Waals surface area (Å²) in [4.78, 5) is 69.0. The number of thioether (sulfide) groups is 1. The Bertz CT molecular complexity index is 3730. The monoisotopic (exact) mass is 1050 g/mol. The minimum absolute atomic E-state index is 0.230. The molecule has 9 rings (SSSR count). The molecule has 0 unspecified atom stereocenters. The number of hydrogen-bond donors (Lipinski definition) is 10. The minimum Gasteiger partial charge on any atom is -0.397 e. The summed E-state index contributed by atoms with van der Waals surface area (Å²) >= 11 is 1.20. The molecule has 0 atom stereocenters. The van der Waals surface area contributed by atoms with Crippen LogP contribution in [0.3, 0.4) is 0 Å². The molecule has 3 heterocycles. The van der Waals surface area contributed by atoms with E-state index in [0.29, 0.717) is 99.6 Å². The fourth-order valence-corrected chi connectivity index (χ4v) is 8.18. The second-order valence-corrected chi connectivity index (χ2v) is 17.5. The summed E-state index contributed by atoms with van der Waals surface area (Å²) in [6.07, 6.45) is 2.61. The van der Waals surface area contributed by atoms with Gasteiger partial charge < -0.3 is 32.4 Å². The average Bonchev–Trinajstić information content (AvgIpc) is 3.82. The molecule has 0 spiro atoms. The van der Waals surface area contributed by atoms with Crippen LogP contribution in [0.1, 0.15) is 43.3 Å². The molecule has 0 fully saturated rings. The fraction of sp³-hybridized carbons (Fsp3) is 0.167. The lowest BCUT2D eigenvalue weighted by Crippen LogP contribution is -2.38. The maximum absolute atomic E-state index is 14.8. The van der Waals surface area contributed by atoms with Crippen molar-refractivity contribution in [2.75, 3.05) is 42.7 Å². The lowest BCUT2D eigenvalue weighted by molar-refractivity contribution is 0.245. The molecule has 19 nitrogen and oxygen atoms in total. The Labute approximate surface area is 437 Å². The third-order valence-corrected chi connectivity index (χ3v) is 12.0. The molecule has 0 aliphatic rings. The van der Waals surface area contributed by atoms with Crippen LogP contribution >= 0.6 is 11.8 Å². The largest absolute Gasteiger partial charge is 0.397 e. The van der Waals surface area contributed by atoms with Crippen molar-refractivity contribution in [2.45, 2.75) is 33.6 Å². The van der Waals surface area contributed by atoms with Gasteiger partial charge in [-0.3, -0.25) is 20.2 Å². The van der Waals surface area contributed by atoms with Gasteiger partial charge in [0.1, 0.15) is 11.6 Å². The number of aromatic amines is 3. The number of benzene rings is 6. The van der Waals surface area contributed by atoms with Crippen molar-refractivity contribution in [3.8, 4) is 22.3 Å². The topological polar surface area (TPSA) is 296 Å². The predicted octanol–water partition coefficient (Wildman–Crippen LogP) is 8.58. The molecule has 9 aromatic rings. The molecule has 0 aliphatic carbocycles. The van der Waals surface area contributed by atoms with Crippen molar-refractivity contribution in [3.05, 3.63) is 176 Å². The minimum atomic E-state index is -0.460. The number of fused-ring (bicyclic) bond motifs is 3. The number of carbonyl (C=O) groups excluding carboxylic acids is 3. The van der Waals surface area contributed by atoms with Crippen LogP contribution in [0.4, 0.5) is 40.5 Å². The highest BCUT2D eigenvalue weighted by Gasteiger charge is 2.15. The van der Waals surface area contributed by atoms with E-state index in [4.69, 9.17) is 11.5 Å². The SMILES string of the molecule is CCNC(=O)N=C(NC(=O)NCC)SC.CCNC(=O)Nc1nc2ccc(-c3cc(Cc4n[nH]c(=O)c5ccccc45)ccc3F)cc2[nH]1.Nc1ccc(-c2cc(Cc3n[nH]c(=O)c4ccccc34)ccc2F)cc1N. The van der Waals surface area contributed by atoms with Crippen molar-refractivity contribution in [3.63, 3.8) is 0 Å². The van der Waals surface area contributed by atoms with Crippen LogP contribution in [0.5, 0.6) is 0 Å². The first-order valence-corrected chi connectivity index (χ1v) is 25.1. The van der Waals surface area contributed by atoms with Gasteiger partial charge in [0.25, 0.3) is 11.1 Å². The molecule has 6 amide bonds. The number of rotatable bonds is 10. The lowest BCUT2D eigenvalue weighted by Gasteiger charge is -2.10. The zero-order valence-electron chi connectivity index (χ0n) is 41.7. The molecular weight excluding hydrogens is 995 g/mol. The van der Waals surface area contributed by atoms with Gasteiger partial charge in [-0.15, -0.1) is 0 Å². The third kappa shape index (κ3) is 13.8. The number of anilines is 3. The zero-order valence-corrected chi connectivity index (χ0v) is 42.5. The number of aromatic nitrogens is 6. The first-order chi connectivity index (χ1) is 36.7. The molecule has 0 saturated heterocycles. The normalized spacial score (nSPS) is 11.0. The highest BCUT2D eigenvalue weighted by Crippen LogP contribution is 2.31. The van der Waals surface area contributed by atoms with Gasteiger partial charge in [-0.2, -0.15) is 15.2 Å². The standard InChI is InChI=1S/C25H21FN6O2.C21H17FN4O.C8H16N4O2S/c1-2-27-25(34)30-24-28-20-10-8-15(13-22(20)29-24)18-11-14(7-9-19(18)26)12-21-16-5-3-4-6-17(16)23(33)32-31-21;22-17-7-5-12(9-16(17)13-6-8-18(23)19(24)11-13)10-20-14-3-1-2-4-15(14)21(27)26-25-20;1-4-9-6(13)11-8(15-3)12-7(14)10-5-2/h3-11,13H,2,12H2,1H3,(H,32,33)(H3,27,28,29,30,34);1-9,11H,10,23-24H2,(H,26,27);4-5H2,1-3H3,(H3,9,10,11,12,13,14). The van der Waals surface area contributed by atoms with E-state index >= 15 is 0 Å². The number of amides is 6. The van der Waals surface area contributed by atoms with E-state index in [1.54, 1.807) is 99.0 Å². The first-order valence-electron chi connectivity index (χ1n) is 23.8. The molecule has 0 saturated carbocycles. The summed E-state index contributed by atoms with van der Waals surface area (Å²) in [6.45, 7) is 6.95. The Balaban J connectivity index is 0.000000179. The Morgan fingerprint density at radius 1 is 0.618 bits per heavy atom. The van der Waals surface area contributed by atoms with Crippen LogP contribution in [-0.2, 0) is 12.8 Å². The molecule has 0 bridgehead atoms. The second-order valence-electron chi connectivity index (χ2n) is 16.7. The molecule has 76 heavy (non-hydrogen) atoms. The molecular formula is C54H54F2N14O5S. The Hall–Kier alpha value is -9.44. The smallest absolute Gasteiger partial charge is 0.343 e. The molecule has 22 heteroatoms. The molecule has 6 aromatic carbocycles. The van der Waals surface area contributed by atoms with Crippen molar-refractivity contribution in [1.29, 1.82) is 0 Å². The van der Waals surface area contributed by atoms with Crippen molar-refractivity contribution >= 4 is 84.9 Å². The summed E-state index contributed by atoms with van der Waals surface area (Å²) in [5.41, 5.74) is 18.6. The number of amidine groups is 1.